The van der Waals surface area contributed by atoms with Crippen molar-refractivity contribution in [3.63, 3.8) is 0 Å². The van der Waals surface area contributed by atoms with Crippen LogP contribution in [0, 0.1) is 5.82 Å². The van der Waals surface area contributed by atoms with Gasteiger partial charge in [0, 0.05) is 6.54 Å². The monoisotopic (exact) mass is 220 g/mol. The Morgan fingerprint density at radius 2 is 2.31 bits per heavy atom. The molecule has 0 saturated carbocycles. The van der Waals surface area contributed by atoms with Crippen LogP contribution in [0.1, 0.15) is 12.0 Å². The van der Waals surface area contributed by atoms with Crippen LogP contribution in [0.25, 0.3) is 5.57 Å². The number of benzene rings is 1. The first-order valence-corrected chi connectivity index (χ1v) is 5.16. The van der Waals surface area contributed by atoms with Crippen LogP contribution in [0.3, 0.4) is 0 Å². The summed E-state index contributed by atoms with van der Waals surface area (Å²) in [6, 6.07) is 5.91. The highest BCUT2D eigenvalue weighted by molar-refractivity contribution is 5.85. The molecule has 1 aliphatic heterocycles. The van der Waals surface area contributed by atoms with Crippen molar-refractivity contribution in [2.45, 2.75) is 12.5 Å². The SMILES string of the molecule is NC(=O)C1C=C(c2cccc(F)c2)CCN1. The van der Waals surface area contributed by atoms with E-state index in [1.807, 2.05) is 6.07 Å². The van der Waals surface area contributed by atoms with E-state index in [4.69, 9.17) is 5.73 Å². The molecule has 1 heterocycles. The molecule has 16 heavy (non-hydrogen) atoms. The molecule has 0 spiro atoms. The second kappa shape index (κ2) is 4.45. The molecule has 0 bridgehead atoms. The zero-order valence-corrected chi connectivity index (χ0v) is 8.74. The molecule has 3 N–H and O–H groups in total. The number of carbonyl (C=O) groups excluding carboxylic acids is 1. The highest BCUT2D eigenvalue weighted by Crippen LogP contribution is 2.21. The summed E-state index contributed by atoms with van der Waals surface area (Å²) < 4.78 is 13.0. The standard InChI is InChI=1S/C12H13FN2O/c13-10-3-1-2-8(6-10)9-4-5-15-11(7-9)12(14)16/h1-3,6-7,11,15H,4-5H2,(H2,14,16). The van der Waals surface area contributed by atoms with E-state index in [-0.39, 0.29) is 5.82 Å². The van der Waals surface area contributed by atoms with E-state index in [0.29, 0.717) is 6.54 Å². The van der Waals surface area contributed by atoms with Crippen molar-refractivity contribution in [1.82, 2.24) is 5.32 Å². The van der Waals surface area contributed by atoms with Gasteiger partial charge in [-0.3, -0.25) is 4.79 Å². The first-order chi connectivity index (χ1) is 7.66. The van der Waals surface area contributed by atoms with Crippen LogP contribution < -0.4 is 11.1 Å². The van der Waals surface area contributed by atoms with Crippen LogP contribution in [-0.2, 0) is 4.79 Å². The molecule has 1 aliphatic rings. The molecular weight excluding hydrogens is 207 g/mol. The van der Waals surface area contributed by atoms with Gasteiger partial charge in [-0.15, -0.1) is 0 Å². The number of nitrogens with one attached hydrogen (secondary N) is 1. The van der Waals surface area contributed by atoms with Gasteiger partial charge >= 0.3 is 0 Å². The van der Waals surface area contributed by atoms with Gasteiger partial charge in [0.25, 0.3) is 0 Å². The van der Waals surface area contributed by atoms with Gasteiger partial charge in [0.05, 0.1) is 0 Å². The number of primary amides is 1. The summed E-state index contributed by atoms with van der Waals surface area (Å²) >= 11 is 0. The summed E-state index contributed by atoms with van der Waals surface area (Å²) in [5.41, 5.74) is 6.99. The van der Waals surface area contributed by atoms with Gasteiger partial charge in [0.2, 0.25) is 5.91 Å². The van der Waals surface area contributed by atoms with Crippen molar-refractivity contribution >= 4 is 11.5 Å². The number of rotatable bonds is 2. The topological polar surface area (TPSA) is 55.1 Å². The molecule has 1 unspecified atom stereocenters. The van der Waals surface area contributed by atoms with Gasteiger partial charge < -0.3 is 11.1 Å². The molecule has 1 amide bonds. The average molecular weight is 220 g/mol. The molecule has 1 aromatic rings. The predicted octanol–water partition coefficient (Wildman–Crippen LogP) is 1.06. The number of amides is 1. The van der Waals surface area contributed by atoms with E-state index in [1.165, 1.54) is 12.1 Å². The van der Waals surface area contributed by atoms with E-state index in [2.05, 4.69) is 5.32 Å². The Kier molecular flexibility index (Phi) is 3.01. The fourth-order valence-electron chi connectivity index (χ4n) is 1.82. The highest BCUT2D eigenvalue weighted by Gasteiger charge is 2.18. The molecule has 0 aliphatic carbocycles. The molecule has 4 heteroatoms. The van der Waals surface area contributed by atoms with Crippen molar-refractivity contribution in [2.75, 3.05) is 6.54 Å². The normalized spacial score (nSPS) is 20.3. The first-order valence-electron chi connectivity index (χ1n) is 5.16. The molecular formula is C12H13FN2O. The Hall–Kier alpha value is -1.68. The van der Waals surface area contributed by atoms with Gasteiger partial charge in [0.15, 0.2) is 0 Å². The Morgan fingerprint density at radius 1 is 1.50 bits per heavy atom. The summed E-state index contributed by atoms with van der Waals surface area (Å²) in [5.74, 6) is -0.679. The van der Waals surface area contributed by atoms with Crippen molar-refractivity contribution in [1.29, 1.82) is 0 Å². The summed E-state index contributed by atoms with van der Waals surface area (Å²) in [4.78, 5) is 11.0. The van der Waals surface area contributed by atoms with Crippen LogP contribution in [0.4, 0.5) is 4.39 Å². The lowest BCUT2D eigenvalue weighted by atomic mass is 9.97. The van der Waals surface area contributed by atoms with Gasteiger partial charge in [0.1, 0.15) is 11.9 Å². The van der Waals surface area contributed by atoms with E-state index in [9.17, 15) is 9.18 Å². The molecule has 1 atom stereocenters. The maximum Gasteiger partial charge on any atom is 0.238 e. The van der Waals surface area contributed by atoms with Crippen LogP contribution in [0.15, 0.2) is 30.3 Å². The number of hydrogen-bond acceptors (Lipinski definition) is 2. The minimum atomic E-state index is -0.452. The number of hydrogen-bond donors (Lipinski definition) is 2. The maximum atomic E-state index is 13.0. The highest BCUT2D eigenvalue weighted by atomic mass is 19.1. The molecule has 0 fully saturated rings. The van der Waals surface area contributed by atoms with Crippen molar-refractivity contribution in [3.05, 3.63) is 41.7 Å². The van der Waals surface area contributed by atoms with Gasteiger partial charge in [-0.1, -0.05) is 18.2 Å². The Labute approximate surface area is 93.1 Å². The summed E-state index contributed by atoms with van der Waals surface area (Å²) in [6.07, 6.45) is 2.54. The number of halogens is 1. The molecule has 0 saturated heterocycles. The van der Waals surface area contributed by atoms with Crippen LogP contribution in [0.5, 0.6) is 0 Å². The molecule has 84 valence electrons. The maximum absolute atomic E-state index is 13.0. The molecule has 1 aromatic carbocycles. The van der Waals surface area contributed by atoms with Crippen molar-refractivity contribution in [2.24, 2.45) is 5.73 Å². The van der Waals surface area contributed by atoms with Gasteiger partial charge in [-0.25, -0.2) is 4.39 Å². The molecule has 2 rings (SSSR count). The van der Waals surface area contributed by atoms with E-state index >= 15 is 0 Å². The van der Waals surface area contributed by atoms with E-state index < -0.39 is 11.9 Å². The zero-order valence-electron chi connectivity index (χ0n) is 8.74. The predicted molar refractivity (Wildman–Crippen MR) is 60.0 cm³/mol. The minimum Gasteiger partial charge on any atom is -0.368 e. The van der Waals surface area contributed by atoms with Gasteiger partial charge in [-0.2, -0.15) is 0 Å². The zero-order chi connectivity index (χ0) is 11.5. The molecule has 0 aromatic heterocycles. The Balaban J connectivity index is 2.30. The summed E-state index contributed by atoms with van der Waals surface area (Å²) in [7, 11) is 0. The third-order valence-electron chi connectivity index (χ3n) is 2.63. The minimum absolute atomic E-state index is 0.271. The van der Waals surface area contributed by atoms with Gasteiger partial charge in [-0.05, 0) is 29.7 Å². The van der Waals surface area contributed by atoms with Crippen LogP contribution in [-0.4, -0.2) is 18.5 Å². The Morgan fingerprint density at radius 3 is 3.00 bits per heavy atom. The largest absolute Gasteiger partial charge is 0.368 e. The van der Waals surface area contributed by atoms with Crippen molar-refractivity contribution in [3.8, 4) is 0 Å². The van der Waals surface area contributed by atoms with Crippen LogP contribution >= 0.6 is 0 Å². The summed E-state index contributed by atoms with van der Waals surface area (Å²) in [6.45, 7) is 0.677. The average Bonchev–Trinajstić information content (AvgIpc) is 2.29. The third kappa shape index (κ3) is 2.28. The molecule has 0 radical (unpaired) electrons. The lowest BCUT2D eigenvalue weighted by Gasteiger charge is -2.20. The number of carbonyl (C=O) groups is 1. The fraction of sp³-hybridized carbons (Fsp3) is 0.250. The lowest BCUT2D eigenvalue weighted by molar-refractivity contribution is -0.119. The van der Waals surface area contributed by atoms with E-state index in [0.717, 1.165) is 17.6 Å². The first kappa shape index (κ1) is 10.8. The van der Waals surface area contributed by atoms with Crippen molar-refractivity contribution < 1.29 is 9.18 Å². The smallest absolute Gasteiger partial charge is 0.238 e. The van der Waals surface area contributed by atoms with Crippen LogP contribution in [0.2, 0.25) is 0 Å². The van der Waals surface area contributed by atoms with E-state index in [1.54, 1.807) is 12.1 Å². The quantitative estimate of drug-likeness (QED) is 0.783. The Bertz CT molecular complexity index is 442. The second-order valence-corrected chi connectivity index (χ2v) is 3.79. The third-order valence-corrected chi connectivity index (χ3v) is 2.63. The number of nitrogens with two attached hydrogens (primary N) is 1. The second-order valence-electron chi connectivity index (χ2n) is 3.79. The lowest BCUT2D eigenvalue weighted by Crippen LogP contribution is -2.42. The fourth-order valence-corrected chi connectivity index (χ4v) is 1.82. The molecule has 3 nitrogen and oxygen atoms in total. The summed E-state index contributed by atoms with van der Waals surface area (Å²) in [5, 5.41) is 2.99.